The topological polar surface area (TPSA) is 67.4 Å². The lowest BCUT2D eigenvalue weighted by Crippen LogP contribution is -2.50. The Labute approximate surface area is 181 Å². The van der Waals surface area contributed by atoms with E-state index in [0.29, 0.717) is 38.8 Å². The largest absolute Gasteiger partial charge is 0.475 e. The fraction of sp³-hybridized carbons (Fsp3) is 0.700. The van der Waals surface area contributed by atoms with Crippen molar-refractivity contribution in [3.05, 3.63) is 16.7 Å². The van der Waals surface area contributed by atoms with Crippen LogP contribution >= 0.6 is 15.9 Å². The van der Waals surface area contributed by atoms with Crippen LogP contribution in [0.4, 0.5) is 10.5 Å². The Hall–Kier alpha value is -1.58. The molecule has 3 heterocycles. The number of halogens is 1. The van der Waals surface area contributed by atoms with E-state index in [9.17, 15) is 4.79 Å². The summed E-state index contributed by atoms with van der Waals surface area (Å²) in [5.74, 6) is 0.655. The molecule has 1 amide bonds. The van der Waals surface area contributed by atoms with Crippen molar-refractivity contribution >= 4 is 27.7 Å². The molecule has 9 heteroatoms. The van der Waals surface area contributed by atoms with Crippen LogP contribution in [0.15, 0.2) is 16.7 Å². The molecule has 2 fully saturated rings. The fourth-order valence-corrected chi connectivity index (χ4v) is 3.63. The number of piperazine rings is 1. The lowest BCUT2D eigenvalue weighted by molar-refractivity contribution is 0.0136. The van der Waals surface area contributed by atoms with Gasteiger partial charge in [0.2, 0.25) is 5.88 Å². The van der Waals surface area contributed by atoms with E-state index in [1.165, 1.54) is 0 Å². The molecule has 0 radical (unpaired) electrons. The smallest absolute Gasteiger partial charge is 0.410 e. The van der Waals surface area contributed by atoms with Gasteiger partial charge in [-0.3, -0.25) is 4.90 Å². The van der Waals surface area contributed by atoms with Gasteiger partial charge in [0.05, 0.1) is 13.2 Å². The fourth-order valence-electron chi connectivity index (χ4n) is 3.31. The van der Waals surface area contributed by atoms with Gasteiger partial charge in [-0.05, 0) is 42.8 Å². The zero-order valence-electron chi connectivity index (χ0n) is 17.5. The summed E-state index contributed by atoms with van der Waals surface area (Å²) >= 11 is 3.50. The second-order valence-electron chi connectivity index (χ2n) is 8.23. The minimum atomic E-state index is -0.460. The molecule has 2 aliphatic heterocycles. The summed E-state index contributed by atoms with van der Waals surface area (Å²) in [6.07, 6.45) is 1.53. The molecule has 2 aliphatic rings. The van der Waals surface area contributed by atoms with Gasteiger partial charge < -0.3 is 24.0 Å². The van der Waals surface area contributed by atoms with Crippen molar-refractivity contribution in [2.75, 3.05) is 70.5 Å². The zero-order valence-corrected chi connectivity index (χ0v) is 19.1. The number of hydrogen-bond donors (Lipinski definition) is 0. The second-order valence-corrected chi connectivity index (χ2v) is 9.15. The first-order valence-electron chi connectivity index (χ1n) is 10.1. The van der Waals surface area contributed by atoms with Gasteiger partial charge in [0.1, 0.15) is 17.9 Å². The first-order chi connectivity index (χ1) is 13.8. The highest BCUT2D eigenvalue weighted by molar-refractivity contribution is 9.10. The number of aromatic nitrogens is 1. The molecule has 0 unspecified atom stereocenters. The zero-order chi connectivity index (χ0) is 20.9. The number of pyridine rings is 1. The van der Waals surface area contributed by atoms with Crippen LogP contribution in [0.2, 0.25) is 0 Å². The summed E-state index contributed by atoms with van der Waals surface area (Å²) < 4.78 is 17.9. The lowest BCUT2D eigenvalue weighted by atomic mass is 10.2. The van der Waals surface area contributed by atoms with E-state index in [4.69, 9.17) is 14.2 Å². The molecule has 0 aromatic carbocycles. The lowest BCUT2D eigenvalue weighted by Gasteiger charge is -2.35. The Kier molecular flexibility index (Phi) is 7.59. The predicted octanol–water partition coefficient (Wildman–Crippen LogP) is 2.61. The maximum absolute atomic E-state index is 12.2. The summed E-state index contributed by atoms with van der Waals surface area (Å²) in [5.41, 5.74) is 0.537. The second kappa shape index (κ2) is 9.95. The quantitative estimate of drug-likeness (QED) is 0.654. The van der Waals surface area contributed by atoms with Crippen molar-refractivity contribution < 1.29 is 19.0 Å². The molecule has 2 saturated heterocycles. The van der Waals surface area contributed by atoms with Gasteiger partial charge in [0, 0.05) is 56.5 Å². The minimum Gasteiger partial charge on any atom is -0.475 e. The molecule has 0 spiro atoms. The Balaban J connectivity index is 1.46. The molecule has 0 aliphatic carbocycles. The van der Waals surface area contributed by atoms with Crippen LogP contribution < -0.4 is 9.64 Å². The maximum atomic E-state index is 12.2. The van der Waals surface area contributed by atoms with Crippen LogP contribution in [-0.4, -0.2) is 92.1 Å². The molecule has 162 valence electrons. The number of amides is 1. The maximum Gasteiger partial charge on any atom is 0.410 e. The van der Waals surface area contributed by atoms with Crippen molar-refractivity contribution in [1.29, 1.82) is 0 Å². The average molecular weight is 471 g/mol. The molecule has 1 aromatic rings. The van der Waals surface area contributed by atoms with E-state index in [1.807, 2.05) is 26.8 Å². The van der Waals surface area contributed by atoms with Gasteiger partial charge in [0.25, 0.3) is 0 Å². The first-order valence-corrected chi connectivity index (χ1v) is 10.9. The molecule has 0 saturated carbocycles. The first kappa shape index (κ1) is 22.1. The summed E-state index contributed by atoms with van der Waals surface area (Å²) in [5, 5.41) is 0. The van der Waals surface area contributed by atoms with E-state index >= 15 is 0 Å². The van der Waals surface area contributed by atoms with Crippen LogP contribution in [0.25, 0.3) is 0 Å². The monoisotopic (exact) mass is 470 g/mol. The molecular weight excluding hydrogens is 440 g/mol. The Morgan fingerprint density at radius 3 is 2.52 bits per heavy atom. The number of ether oxygens (including phenoxy) is 3. The van der Waals surface area contributed by atoms with E-state index in [0.717, 1.165) is 42.9 Å². The molecule has 0 bridgehead atoms. The van der Waals surface area contributed by atoms with Crippen LogP contribution in [0.5, 0.6) is 5.88 Å². The molecule has 0 atom stereocenters. The number of hydrogen-bond acceptors (Lipinski definition) is 7. The van der Waals surface area contributed by atoms with Gasteiger partial charge >= 0.3 is 6.09 Å². The number of morpholine rings is 1. The normalized spacial score (nSPS) is 18.6. The molecule has 3 rings (SSSR count). The predicted molar refractivity (Wildman–Crippen MR) is 115 cm³/mol. The van der Waals surface area contributed by atoms with E-state index in [-0.39, 0.29) is 6.09 Å². The number of nitrogens with zero attached hydrogens (tertiary/aromatic N) is 4. The van der Waals surface area contributed by atoms with Gasteiger partial charge in [-0.25, -0.2) is 9.78 Å². The molecule has 29 heavy (non-hydrogen) atoms. The summed E-state index contributed by atoms with van der Waals surface area (Å²) in [4.78, 5) is 23.0. The Bertz CT molecular complexity index is 684. The number of anilines is 1. The van der Waals surface area contributed by atoms with Crippen LogP contribution in [0.1, 0.15) is 20.8 Å². The molecular formula is C20H31BrN4O4. The third-order valence-corrected chi connectivity index (χ3v) is 5.25. The molecule has 1 aromatic heterocycles. The molecule has 0 N–H and O–H groups in total. The van der Waals surface area contributed by atoms with Gasteiger partial charge in [-0.1, -0.05) is 0 Å². The average Bonchev–Trinajstić information content (AvgIpc) is 2.69. The Morgan fingerprint density at radius 1 is 1.17 bits per heavy atom. The van der Waals surface area contributed by atoms with Crippen molar-refractivity contribution in [3.8, 4) is 5.88 Å². The number of carbonyl (C=O) groups excluding carboxylic acids is 1. The van der Waals surface area contributed by atoms with Crippen LogP contribution in [-0.2, 0) is 9.47 Å². The van der Waals surface area contributed by atoms with Crippen molar-refractivity contribution in [1.82, 2.24) is 14.8 Å². The Morgan fingerprint density at radius 2 is 1.86 bits per heavy atom. The van der Waals surface area contributed by atoms with Gasteiger partial charge in [-0.15, -0.1) is 0 Å². The minimum absolute atomic E-state index is 0.234. The van der Waals surface area contributed by atoms with Crippen molar-refractivity contribution in [3.63, 3.8) is 0 Å². The third-order valence-electron chi connectivity index (χ3n) is 4.82. The van der Waals surface area contributed by atoms with Gasteiger partial charge in [-0.2, -0.15) is 0 Å². The van der Waals surface area contributed by atoms with E-state index in [2.05, 4.69) is 30.7 Å². The highest BCUT2D eigenvalue weighted by Crippen LogP contribution is 2.29. The van der Waals surface area contributed by atoms with Gasteiger partial charge in [0.15, 0.2) is 0 Å². The number of carbonyl (C=O) groups is 1. The summed E-state index contributed by atoms with van der Waals surface area (Å²) in [6.45, 7) is 13.1. The standard InChI is InChI=1S/C20H31BrN4O4/c1-20(2,3)29-19(26)25-6-4-23(5-7-25)8-13-28-18-17(14-16(21)15-22-18)24-9-11-27-12-10-24/h14-15H,4-13H2,1-3H3. The van der Waals surface area contributed by atoms with Crippen LogP contribution in [0, 0.1) is 0 Å². The summed E-state index contributed by atoms with van der Waals surface area (Å²) in [7, 11) is 0. The van der Waals surface area contributed by atoms with E-state index < -0.39 is 5.60 Å². The van der Waals surface area contributed by atoms with Crippen molar-refractivity contribution in [2.45, 2.75) is 26.4 Å². The van der Waals surface area contributed by atoms with Crippen molar-refractivity contribution in [2.24, 2.45) is 0 Å². The van der Waals surface area contributed by atoms with E-state index in [1.54, 1.807) is 11.1 Å². The SMILES string of the molecule is CC(C)(C)OC(=O)N1CCN(CCOc2ncc(Br)cc2N2CCOCC2)CC1. The highest BCUT2D eigenvalue weighted by Gasteiger charge is 2.26. The number of rotatable bonds is 5. The third kappa shape index (κ3) is 6.72. The summed E-state index contributed by atoms with van der Waals surface area (Å²) in [6, 6.07) is 2.05. The highest BCUT2D eigenvalue weighted by atomic mass is 79.9. The van der Waals surface area contributed by atoms with Crippen LogP contribution in [0.3, 0.4) is 0 Å². The molecule has 8 nitrogen and oxygen atoms in total.